The Balaban J connectivity index is 1.64. The van der Waals surface area contributed by atoms with Gasteiger partial charge < -0.3 is 10.6 Å². The standard InChI is InChI=1S/C22H20BrClN2O2S/c1-13-11-19(26-21(27)17-5-3-4-6-18(17)24)29-20(13)22(28)25-14(2)12-15-7-9-16(23)10-8-15/h3-11,14H,12H2,1-2H3,(H,25,28)(H,26,27). The maximum atomic E-state index is 12.7. The van der Waals surface area contributed by atoms with E-state index in [0.717, 1.165) is 22.0 Å². The fourth-order valence-electron chi connectivity index (χ4n) is 2.91. The van der Waals surface area contributed by atoms with Crippen molar-refractivity contribution in [2.24, 2.45) is 0 Å². The molecule has 0 aliphatic rings. The molecule has 1 aromatic heterocycles. The van der Waals surface area contributed by atoms with Crippen LogP contribution in [0.1, 0.15) is 38.1 Å². The lowest BCUT2D eigenvalue weighted by Crippen LogP contribution is -2.33. The molecule has 0 aliphatic carbocycles. The minimum atomic E-state index is -0.299. The third kappa shape index (κ3) is 5.69. The first kappa shape index (κ1) is 21.6. The molecule has 2 N–H and O–H groups in total. The summed E-state index contributed by atoms with van der Waals surface area (Å²) in [5.74, 6) is -0.442. The summed E-state index contributed by atoms with van der Waals surface area (Å²) in [4.78, 5) is 25.7. The van der Waals surface area contributed by atoms with Gasteiger partial charge in [0.05, 0.1) is 20.5 Å². The van der Waals surface area contributed by atoms with Gasteiger partial charge in [0, 0.05) is 10.5 Å². The summed E-state index contributed by atoms with van der Waals surface area (Å²) in [7, 11) is 0. The number of amides is 2. The monoisotopic (exact) mass is 490 g/mol. The molecule has 0 bridgehead atoms. The fourth-order valence-corrected chi connectivity index (χ4v) is 4.36. The Morgan fingerprint density at radius 3 is 2.48 bits per heavy atom. The molecule has 0 fully saturated rings. The van der Waals surface area contributed by atoms with Gasteiger partial charge in [-0.15, -0.1) is 11.3 Å². The molecular weight excluding hydrogens is 472 g/mol. The molecule has 0 aliphatic heterocycles. The third-order valence-electron chi connectivity index (χ3n) is 4.31. The number of halogens is 2. The first-order valence-electron chi connectivity index (χ1n) is 9.05. The zero-order valence-electron chi connectivity index (χ0n) is 16.0. The molecule has 0 radical (unpaired) electrons. The molecule has 0 spiro atoms. The fraction of sp³-hybridized carbons (Fsp3) is 0.182. The highest BCUT2D eigenvalue weighted by Crippen LogP contribution is 2.28. The number of thiophene rings is 1. The maximum absolute atomic E-state index is 12.7. The molecule has 2 aromatic carbocycles. The summed E-state index contributed by atoms with van der Waals surface area (Å²) in [6.07, 6.45) is 0.736. The topological polar surface area (TPSA) is 58.2 Å². The van der Waals surface area contributed by atoms with E-state index >= 15 is 0 Å². The summed E-state index contributed by atoms with van der Waals surface area (Å²) in [6.45, 7) is 3.83. The SMILES string of the molecule is Cc1cc(NC(=O)c2ccccc2Cl)sc1C(=O)NC(C)Cc1ccc(Br)cc1. The largest absolute Gasteiger partial charge is 0.349 e. The lowest BCUT2D eigenvalue weighted by atomic mass is 10.1. The van der Waals surface area contributed by atoms with E-state index in [0.29, 0.717) is 20.5 Å². The van der Waals surface area contributed by atoms with E-state index < -0.39 is 0 Å². The third-order valence-corrected chi connectivity index (χ3v) is 6.32. The van der Waals surface area contributed by atoms with E-state index in [4.69, 9.17) is 11.6 Å². The lowest BCUT2D eigenvalue weighted by Gasteiger charge is -2.14. The Morgan fingerprint density at radius 1 is 1.10 bits per heavy atom. The Labute approximate surface area is 187 Å². The highest BCUT2D eigenvalue weighted by Gasteiger charge is 2.18. The van der Waals surface area contributed by atoms with Crippen molar-refractivity contribution < 1.29 is 9.59 Å². The van der Waals surface area contributed by atoms with Crippen LogP contribution in [0.2, 0.25) is 5.02 Å². The summed E-state index contributed by atoms with van der Waals surface area (Å²) < 4.78 is 1.03. The van der Waals surface area contributed by atoms with E-state index in [-0.39, 0.29) is 17.9 Å². The van der Waals surface area contributed by atoms with E-state index in [1.54, 1.807) is 30.3 Å². The molecule has 3 aromatic rings. The van der Waals surface area contributed by atoms with E-state index in [1.165, 1.54) is 11.3 Å². The minimum absolute atomic E-state index is 0.0219. The van der Waals surface area contributed by atoms with Crippen LogP contribution in [0.25, 0.3) is 0 Å². The zero-order chi connectivity index (χ0) is 21.0. The molecule has 2 amide bonds. The average molecular weight is 492 g/mol. The van der Waals surface area contributed by atoms with Crippen LogP contribution >= 0.6 is 38.9 Å². The molecule has 0 saturated carbocycles. The highest BCUT2D eigenvalue weighted by molar-refractivity contribution is 9.10. The maximum Gasteiger partial charge on any atom is 0.261 e. The highest BCUT2D eigenvalue weighted by atomic mass is 79.9. The second kappa shape index (κ2) is 9.57. The van der Waals surface area contributed by atoms with Gasteiger partial charge in [-0.05, 0) is 61.7 Å². The molecular formula is C22H20BrClN2O2S. The summed E-state index contributed by atoms with van der Waals surface area (Å²) >= 11 is 10.8. The first-order valence-corrected chi connectivity index (χ1v) is 11.0. The minimum Gasteiger partial charge on any atom is -0.349 e. The van der Waals surface area contributed by atoms with Gasteiger partial charge in [0.25, 0.3) is 11.8 Å². The summed E-state index contributed by atoms with van der Waals surface area (Å²) in [5, 5.41) is 6.85. The number of nitrogens with one attached hydrogen (secondary N) is 2. The summed E-state index contributed by atoms with van der Waals surface area (Å²) in [6, 6.07) is 16.7. The van der Waals surface area contributed by atoms with E-state index in [9.17, 15) is 9.59 Å². The molecule has 29 heavy (non-hydrogen) atoms. The Kier molecular flexibility index (Phi) is 7.11. The van der Waals surface area contributed by atoms with Crippen molar-refractivity contribution in [2.75, 3.05) is 5.32 Å². The number of benzene rings is 2. The smallest absolute Gasteiger partial charge is 0.261 e. The number of hydrogen-bond acceptors (Lipinski definition) is 3. The van der Waals surface area contributed by atoms with Crippen molar-refractivity contribution >= 4 is 55.7 Å². The van der Waals surface area contributed by atoms with Crippen LogP contribution in [0.15, 0.2) is 59.1 Å². The quantitative estimate of drug-likeness (QED) is 0.439. The van der Waals surface area contributed by atoms with Gasteiger partial charge in [-0.2, -0.15) is 0 Å². The summed E-state index contributed by atoms with van der Waals surface area (Å²) in [5.41, 5.74) is 2.36. The second-order valence-corrected chi connectivity index (χ2v) is 9.14. The molecule has 0 saturated heterocycles. The number of aryl methyl sites for hydroxylation is 1. The number of anilines is 1. The number of carbonyl (C=O) groups is 2. The Hall–Kier alpha value is -2.15. The number of hydrogen-bond donors (Lipinski definition) is 2. The molecule has 4 nitrogen and oxygen atoms in total. The normalized spacial score (nSPS) is 11.7. The van der Waals surface area contributed by atoms with Crippen molar-refractivity contribution in [3.63, 3.8) is 0 Å². The predicted molar refractivity (Wildman–Crippen MR) is 123 cm³/mol. The van der Waals surface area contributed by atoms with Crippen LogP contribution in [0, 0.1) is 6.92 Å². The van der Waals surface area contributed by atoms with Crippen LogP contribution in [-0.4, -0.2) is 17.9 Å². The first-order chi connectivity index (χ1) is 13.8. The number of rotatable bonds is 6. The molecule has 1 atom stereocenters. The van der Waals surface area contributed by atoms with E-state index in [2.05, 4.69) is 26.6 Å². The van der Waals surface area contributed by atoms with Gasteiger partial charge in [0.2, 0.25) is 0 Å². The van der Waals surface area contributed by atoms with Crippen molar-refractivity contribution in [3.8, 4) is 0 Å². The van der Waals surface area contributed by atoms with Crippen LogP contribution < -0.4 is 10.6 Å². The van der Waals surface area contributed by atoms with Crippen molar-refractivity contribution in [3.05, 3.63) is 85.7 Å². The molecule has 1 unspecified atom stereocenters. The Morgan fingerprint density at radius 2 is 1.79 bits per heavy atom. The van der Waals surface area contributed by atoms with Crippen molar-refractivity contribution in [2.45, 2.75) is 26.3 Å². The van der Waals surface area contributed by atoms with Crippen LogP contribution in [0.3, 0.4) is 0 Å². The van der Waals surface area contributed by atoms with Gasteiger partial charge in [-0.3, -0.25) is 9.59 Å². The second-order valence-electron chi connectivity index (χ2n) is 6.76. The molecule has 3 rings (SSSR count). The van der Waals surface area contributed by atoms with Gasteiger partial charge in [0.15, 0.2) is 0 Å². The average Bonchev–Trinajstić information content (AvgIpc) is 3.04. The van der Waals surface area contributed by atoms with Crippen molar-refractivity contribution in [1.29, 1.82) is 0 Å². The van der Waals surface area contributed by atoms with Gasteiger partial charge in [-0.25, -0.2) is 0 Å². The molecule has 7 heteroatoms. The van der Waals surface area contributed by atoms with Crippen LogP contribution in [0.5, 0.6) is 0 Å². The van der Waals surface area contributed by atoms with Gasteiger partial charge >= 0.3 is 0 Å². The zero-order valence-corrected chi connectivity index (χ0v) is 19.1. The van der Waals surface area contributed by atoms with Gasteiger partial charge in [-0.1, -0.05) is 51.8 Å². The van der Waals surface area contributed by atoms with Crippen LogP contribution in [0.4, 0.5) is 5.00 Å². The Bertz CT molecular complexity index is 1030. The predicted octanol–water partition coefficient (Wildman–Crippen LogP) is 6.09. The molecule has 1 heterocycles. The van der Waals surface area contributed by atoms with Crippen LogP contribution in [-0.2, 0) is 6.42 Å². The van der Waals surface area contributed by atoms with Gasteiger partial charge in [0.1, 0.15) is 0 Å². The lowest BCUT2D eigenvalue weighted by molar-refractivity contribution is 0.0942. The van der Waals surface area contributed by atoms with Crippen molar-refractivity contribution in [1.82, 2.24) is 5.32 Å². The van der Waals surface area contributed by atoms with E-state index in [1.807, 2.05) is 38.1 Å². The molecule has 150 valence electrons. The number of carbonyl (C=O) groups excluding carboxylic acids is 2.